The molecule has 0 radical (unpaired) electrons. The van der Waals surface area contributed by atoms with Gasteiger partial charge in [-0.3, -0.25) is 9.59 Å². The quantitative estimate of drug-likeness (QED) is 0.598. The van der Waals surface area contributed by atoms with Crippen molar-refractivity contribution in [3.63, 3.8) is 0 Å². The van der Waals surface area contributed by atoms with Gasteiger partial charge >= 0.3 is 0 Å². The molecule has 2 N–H and O–H groups in total. The average molecular weight is 330 g/mol. The van der Waals surface area contributed by atoms with Crippen LogP contribution in [0.4, 0.5) is 0 Å². The molecule has 0 saturated heterocycles. The Kier molecular flexibility index (Phi) is 10.3. The maximum Gasteiger partial charge on any atom is 0.232 e. The molecule has 1 fully saturated rings. The van der Waals surface area contributed by atoms with Crippen molar-refractivity contribution in [2.45, 2.75) is 51.5 Å². The lowest BCUT2D eigenvalue weighted by Crippen LogP contribution is -2.39. The highest BCUT2D eigenvalue weighted by Crippen LogP contribution is 2.22. The molecule has 1 saturated carbocycles. The van der Waals surface area contributed by atoms with E-state index in [0.29, 0.717) is 24.1 Å². The van der Waals surface area contributed by atoms with Gasteiger partial charge < -0.3 is 15.5 Å². The van der Waals surface area contributed by atoms with Crippen molar-refractivity contribution in [2.75, 3.05) is 38.2 Å². The van der Waals surface area contributed by atoms with E-state index in [1.807, 2.05) is 11.9 Å². The summed E-state index contributed by atoms with van der Waals surface area (Å²) in [6.45, 7) is 4.54. The van der Waals surface area contributed by atoms with E-state index in [4.69, 9.17) is 0 Å². The summed E-state index contributed by atoms with van der Waals surface area (Å²) in [5.74, 6) is 0.915. The monoisotopic (exact) mass is 329 g/mol. The van der Waals surface area contributed by atoms with Gasteiger partial charge in [-0.25, -0.2) is 0 Å². The minimum atomic E-state index is 0.0106. The topological polar surface area (TPSA) is 61.4 Å². The predicted octanol–water partition coefficient (Wildman–Crippen LogP) is 1.63. The third-order valence-electron chi connectivity index (χ3n) is 4.03. The molecular formula is C16H31N3O2S. The van der Waals surface area contributed by atoms with E-state index in [1.54, 1.807) is 0 Å². The fourth-order valence-electron chi connectivity index (χ4n) is 2.65. The molecule has 0 heterocycles. The summed E-state index contributed by atoms with van der Waals surface area (Å²) in [4.78, 5) is 25.7. The predicted molar refractivity (Wildman–Crippen MR) is 93.1 cm³/mol. The smallest absolute Gasteiger partial charge is 0.232 e. The molecule has 0 atom stereocenters. The van der Waals surface area contributed by atoms with Crippen molar-refractivity contribution in [3.05, 3.63) is 0 Å². The van der Waals surface area contributed by atoms with E-state index in [-0.39, 0.29) is 11.8 Å². The van der Waals surface area contributed by atoms with E-state index in [2.05, 4.69) is 17.6 Å². The normalized spacial score (nSPS) is 15.5. The van der Waals surface area contributed by atoms with Crippen LogP contribution in [0.3, 0.4) is 0 Å². The first-order valence-corrected chi connectivity index (χ1v) is 9.61. The highest BCUT2D eigenvalue weighted by atomic mass is 32.2. The number of thioether (sulfide) groups is 1. The number of nitrogens with zero attached hydrogens (tertiary/aromatic N) is 1. The summed E-state index contributed by atoms with van der Waals surface area (Å²) in [6, 6.07) is 0.403. The zero-order valence-corrected chi connectivity index (χ0v) is 14.8. The molecular weight excluding hydrogens is 298 g/mol. The SMILES string of the molecule is CCCNCCNC(=O)CSCC(=O)N(C)C1CCCCC1. The molecule has 6 heteroatoms. The number of amides is 2. The Morgan fingerprint density at radius 2 is 1.82 bits per heavy atom. The summed E-state index contributed by atoms with van der Waals surface area (Å²) < 4.78 is 0. The van der Waals surface area contributed by atoms with E-state index >= 15 is 0 Å². The van der Waals surface area contributed by atoms with E-state index < -0.39 is 0 Å². The Balaban J connectivity index is 2.07. The van der Waals surface area contributed by atoms with Gasteiger partial charge in [0.25, 0.3) is 0 Å². The van der Waals surface area contributed by atoms with Gasteiger partial charge in [-0.05, 0) is 25.8 Å². The molecule has 1 rings (SSSR count). The molecule has 0 aromatic carbocycles. The lowest BCUT2D eigenvalue weighted by Gasteiger charge is -2.31. The van der Waals surface area contributed by atoms with Crippen LogP contribution in [0.5, 0.6) is 0 Å². The van der Waals surface area contributed by atoms with Crippen LogP contribution in [0.15, 0.2) is 0 Å². The number of carbonyl (C=O) groups is 2. The molecule has 0 aromatic rings. The fraction of sp³-hybridized carbons (Fsp3) is 0.875. The molecule has 1 aliphatic rings. The fourth-order valence-corrected chi connectivity index (χ4v) is 3.42. The first-order chi connectivity index (χ1) is 10.6. The molecule has 0 unspecified atom stereocenters. The van der Waals surface area contributed by atoms with Crippen LogP contribution in [0.2, 0.25) is 0 Å². The van der Waals surface area contributed by atoms with Crippen molar-refractivity contribution in [1.82, 2.24) is 15.5 Å². The average Bonchev–Trinajstić information content (AvgIpc) is 2.54. The maximum absolute atomic E-state index is 12.1. The standard InChI is InChI=1S/C16H31N3O2S/c1-3-9-17-10-11-18-15(20)12-22-13-16(21)19(2)14-7-5-4-6-8-14/h14,17H,3-13H2,1-2H3,(H,18,20). The Morgan fingerprint density at radius 3 is 2.50 bits per heavy atom. The van der Waals surface area contributed by atoms with Crippen LogP contribution in [0, 0.1) is 0 Å². The van der Waals surface area contributed by atoms with Crippen molar-refractivity contribution in [1.29, 1.82) is 0 Å². The minimum absolute atomic E-state index is 0.0106. The highest BCUT2D eigenvalue weighted by Gasteiger charge is 2.21. The van der Waals surface area contributed by atoms with Crippen molar-refractivity contribution in [3.8, 4) is 0 Å². The summed E-state index contributed by atoms with van der Waals surface area (Å²) in [5, 5.41) is 6.09. The van der Waals surface area contributed by atoms with Gasteiger partial charge in [0.1, 0.15) is 0 Å². The first kappa shape index (κ1) is 19.3. The summed E-state index contributed by atoms with van der Waals surface area (Å²) in [6.07, 6.45) is 7.09. The molecule has 2 amide bonds. The van der Waals surface area contributed by atoms with Gasteiger partial charge in [0, 0.05) is 26.2 Å². The van der Waals surface area contributed by atoms with E-state index in [1.165, 1.54) is 31.0 Å². The number of carbonyl (C=O) groups excluding carboxylic acids is 2. The highest BCUT2D eigenvalue weighted by molar-refractivity contribution is 8.00. The third-order valence-corrected chi connectivity index (χ3v) is 4.94. The van der Waals surface area contributed by atoms with Crippen molar-refractivity contribution in [2.24, 2.45) is 0 Å². The van der Waals surface area contributed by atoms with Gasteiger partial charge in [0.05, 0.1) is 11.5 Å². The van der Waals surface area contributed by atoms with Gasteiger partial charge in [0.15, 0.2) is 0 Å². The largest absolute Gasteiger partial charge is 0.354 e. The molecule has 0 aliphatic heterocycles. The Hall–Kier alpha value is -0.750. The van der Waals surface area contributed by atoms with Gasteiger partial charge in [-0.2, -0.15) is 0 Å². The van der Waals surface area contributed by atoms with Crippen LogP contribution in [-0.4, -0.2) is 60.9 Å². The number of nitrogens with one attached hydrogen (secondary N) is 2. The molecule has 0 bridgehead atoms. The second-order valence-electron chi connectivity index (χ2n) is 5.89. The van der Waals surface area contributed by atoms with Crippen LogP contribution in [0.25, 0.3) is 0 Å². The number of hydrogen-bond acceptors (Lipinski definition) is 4. The molecule has 5 nitrogen and oxygen atoms in total. The lowest BCUT2D eigenvalue weighted by molar-refractivity contribution is -0.129. The Morgan fingerprint density at radius 1 is 1.09 bits per heavy atom. The van der Waals surface area contributed by atoms with Gasteiger partial charge in [-0.15, -0.1) is 11.8 Å². The van der Waals surface area contributed by atoms with Crippen LogP contribution in [0.1, 0.15) is 45.4 Å². The first-order valence-electron chi connectivity index (χ1n) is 8.46. The van der Waals surface area contributed by atoms with Gasteiger partial charge in [0.2, 0.25) is 11.8 Å². The summed E-state index contributed by atoms with van der Waals surface area (Å²) >= 11 is 1.41. The molecule has 128 valence electrons. The lowest BCUT2D eigenvalue weighted by atomic mass is 9.94. The second kappa shape index (κ2) is 11.8. The molecule has 22 heavy (non-hydrogen) atoms. The Bertz CT molecular complexity index is 333. The Labute approximate surface area is 139 Å². The summed E-state index contributed by atoms with van der Waals surface area (Å²) in [7, 11) is 1.90. The molecule has 0 aromatic heterocycles. The van der Waals surface area contributed by atoms with Gasteiger partial charge in [-0.1, -0.05) is 26.2 Å². The zero-order valence-electron chi connectivity index (χ0n) is 14.0. The third kappa shape index (κ3) is 8.03. The van der Waals surface area contributed by atoms with Crippen LogP contribution < -0.4 is 10.6 Å². The van der Waals surface area contributed by atoms with Crippen LogP contribution >= 0.6 is 11.8 Å². The van der Waals surface area contributed by atoms with Crippen LogP contribution in [-0.2, 0) is 9.59 Å². The van der Waals surface area contributed by atoms with E-state index in [0.717, 1.165) is 32.4 Å². The molecule has 0 spiro atoms. The molecule has 1 aliphatic carbocycles. The zero-order chi connectivity index (χ0) is 16.2. The summed E-state index contributed by atoms with van der Waals surface area (Å²) in [5.41, 5.74) is 0. The maximum atomic E-state index is 12.1. The van der Waals surface area contributed by atoms with E-state index in [9.17, 15) is 9.59 Å². The number of rotatable bonds is 10. The van der Waals surface area contributed by atoms with Crippen molar-refractivity contribution >= 4 is 23.6 Å². The minimum Gasteiger partial charge on any atom is -0.354 e. The van der Waals surface area contributed by atoms with Crippen molar-refractivity contribution < 1.29 is 9.59 Å². The second-order valence-corrected chi connectivity index (χ2v) is 6.87. The number of hydrogen-bond donors (Lipinski definition) is 2.